The van der Waals surface area contributed by atoms with Crippen molar-refractivity contribution in [2.24, 2.45) is 11.8 Å². The van der Waals surface area contributed by atoms with Gasteiger partial charge in [-0.15, -0.1) is 0 Å². The lowest BCUT2D eigenvalue weighted by atomic mass is 9.86. The van der Waals surface area contributed by atoms with Gasteiger partial charge in [-0.1, -0.05) is 20.3 Å². The Hall–Kier alpha value is -0.990. The Morgan fingerprint density at radius 2 is 2.10 bits per heavy atom. The van der Waals surface area contributed by atoms with E-state index in [1.54, 1.807) is 0 Å². The highest BCUT2D eigenvalue weighted by atomic mass is 15.4. The third-order valence-corrected chi connectivity index (χ3v) is 6.09. The zero-order valence-corrected chi connectivity index (χ0v) is 12.8. The average molecular weight is 273 g/mol. The van der Waals surface area contributed by atoms with Gasteiger partial charge in [0, 0.05) is 18.0 Å². The fraction of sp³-hybridized carbons (Fsp3) is 0.824. The highest BCUT2D eigenvalue weighted by Gasteiger charge is 2.42. The number of rotatable bonds is 3. The molecule has 3 aliphatic rings. The molecule has 2 aliphatic carbocycles. The summed E-state index contributed by atoms with van der Waals surface area (Å²) in [7, 11) is 0. The minimum atomic E-state index is 0.601. The molecule has 1 aliphatic heterocycles. The Bertz CT molecular complexity index is 492. The first-order valence-corrected chi connectivity index (χ1v) is 8.64. The van der Waals surface area contributed by atoms with Crippen molar-refractivity contribution in [3.05, 3.63) is 11.8 Å². The number of aromatic nitrogens is 2. The molecule has 1 N–H and O–H groups in total. The van der Waals surface area contributed by atoms with E-state index in [1.165, 1.54) is 56.5 Å². The molecule has 2 bridgehead atoms. The quantitative estimate of drug-likeness (QED) is 0.888. The van der Waals surface area contributed by atoms with E-state index < -0.39 is 0 Å². The van der Waals surface area contributed by atoms with Gasteiger partial charge in [-0.3, -0.25) is 0 Å². The van der Waals surface area contributed by atoms with E-state index in [9.17, 15) is 0 Å². The van der Waals surface area contributed by atoms with Crippen LogP contribution in [0.25, 0.3) is 0 Å². The molecule has 0 amide bonds. The van der Waals surface area contributed by atoms with Gasteiger partial charge in [0.1, 0.15) is 5.82 Å². The van der Waals surface area contributed by atoms with Crippen LogP contribution in [0.4, 0.5) is 5.82 Å². The Balaban J connectivity index is 1.63. The van der Waals surface area contributed by atoms with Crippen LogP contribution >= 0.6 is 0 Å². The van der Waals surface area contributed by atoms with Crippen LogP contribution in [0.3, 0.4) is 0 Å². The summed E-state index contributed by atoms with van der Waals surface area (Å²) >= 11 is 0. The topological polar surface area (TPSA) is 29.9 Å². The van der Waals surface area contributed by atoms with E-state index in [0.29, 0.717) is 12.1 Å². The highest BCUT2D eigenvalue weighted by molar-refractivity contribution is 5.42. The lowest BCUT2D eigenvalue weighted by molar-refractivity contribution is 0.353. The van der Waals surface area contributed by atoms with Crippen molar-refractivity contribution in [2.45, 2.75) is 76.8 Å². The molecule has 5 atom stereocenters. The van der Waals surface area contributed by atoms with Gasteiger partial charge in [0.2, 0.25) is 0 Å². The monoisotopic (exact) mass is 273 g/mol. The Morgan fingerprint density at radius 3 is 2.75 bits per heavy atom. The summed E-state index contributed by atoms with van der Waals surface area (Å²) in [6.45, 7) is 4.58. The number of hydrogen-bond donors (Lipinski definition) is 1. The molecular formula is C17H27N3. The van der Waals surface area contributed by atoms with Crippen LogP contribution in [-0.4, -0.2) is 15.8 Å². The summed E-state index contributed by atoms with van der Waals surface area (Å²) in [5, 5.41) is 8.73. The van der Waals surface area contributed by atoms with Crippen molar-refractivity contribution < 1.29 is 0 Å². The Morgan fingerprint density at radius 1 is 1.20 bits per heavy atom. The molecule has 20 heavy (non-hydrogen) atoms. The van der Waals surface area contributed by atoms with Crippen molar-refractivity contribution in [2.75, 3.05) is 5.32 Å². The van der Waals surface area contributed by atoms with Gasteiger partial charge in [-0.05, 0) is 50.4 Å². The van der Waals surface area contributed by atoms with Crippen LogP contribution < -0.4 is 5.32 Å². The summed E-state index contributed by atoms with van der Waals surface area (Å²) in [5.74, 6) is 3.97. The summed E-state index contributed by atoms with van der Waals surface area (Å²) < 4.78 is 2.30. The number of nitrogens with zero attached hydrogens (tertiary/aromatic N) is 2. The molecule has 0 aromatic carbocycles. The number of anilines is 1. The fourth-order valence-electron chi connectivity index (χ4n) is 4.89. The molecule has 110 valence electrons. The second-order valence-corrected chi connectivity index (χ2v) is 7.23. The maximum atomic E-state index is 5.03. The summed E-state index contributed by atoms with van der Waals surface area (Å²) in [4.78, 5) is 0. The van der Waals surface area contributed by atoms with Crippen LogP contribution in [0.2, 0.25) is 0 Å². The molecule has 0 saturated heterocycles. The first kappa shape index (κ1) is 12.7. The first-order chi connectivity index (χ1) is 9.78. The smallest absolute Gasteiger partial charge is 0.125 e. The Kier molecular flexibility index (Phi) is 3.04. The summed E-state index contributed by atoms with van der Waals surface area (Å²) in [5.41, 5.74) is 1.38. The molecule has 1 aromatic heterocycles. The molecule has 2 fully saturated rings. The van der Waals surface area contributed by atoms with Crippen LogP contribution in [0.5, 0.6) is 0 Å². The van der Waals surface area contributed by atoms with Gasteiger partial charge in [0.05, 0.1) is 11.7 Å². The van der Waals surface area contributed by atoms with Crippen LogP contribution in [0.1, 0.15) is 76.4 Å². The number of fused-ring (bicyclic) bond motifs is 3. The number of nitrogens with one attached hydrogen (secondary N) is 1. The first-order valence-electron chi connectivity index (χ1n) is 8.64. The zero-order chi connectivity index (χ0) is 13.7. The molecule has 3 heteroatoms. The van der Waals surface area contributed by atoms with Gasteiger partial charge >= 0.3 is 0 Å². The summed E-state index contributed by atoms with van der Waals surface area (Å²) in [6, 6.07) is 3.61. The highest BCUT2D eigenvalue weighted by Crippen LogP contribution is 2.53. The minimum Gasteiger partial charge on any atom is -0.367 e. The predicted molar refractivity (Wildman–Crippen MR) is 82.1 cm³/mol. The molecule has 0 radical (unpaired) electrons. The van der Waals surface area contributed by atoms with E-state index in [-0.39, 0.29) is 0 Å². The van der Waals surface area contributed by atoms with Gasteiger partial charge in [0.25, 0.3) is 0 Å². The van der Waals surface area contributed by atoms with E-state index in [4.69, 9.17) is 5.10 Å². The lowest BCUT2D eigenvalue weighted by Gasteiger charge is -2.31. The molecule has 2 saturated carbocycles. The van der Waals surface area contributed by atoms with Crippen LogP contribution in [0.15, 0.2) is 6.07 Å². The zero-order valence-electron chi connectivity index (χ0n) is 12.8. The van der Waals surface area contributed by atoms with Crippen molar-refractivity contribution in [1.29, 1.82) is 0 Å². The third-order valence-electron chi connectivity index (χ3n) is 6.09. The molecule has 5 unspecified atom stereocenters. The summed E-state index contributed by atoms with van der Waals surface area (Å²) in [6.07, 6.45) is 9.43. The standard InChI is InChI=1S/C17H27N3/c1-3-13-9-14(4-2)20-17(18-13)10-16(19-20)15-8-11-5-6-12(15)7-11/h10-15,18H,3-9H2,1-2H3. The largest absolute Gasteiger partial charge is 0.367 e. The second-order valence-electron chi connectivity index (χ2n) is 7.23. The maximum Gasteiger partial charge on any atom is 0.125 e. The second kappa shape index (κ2) is 4.78. The van der Waals surface area contributed by atoms with E-state index in [2.05, 4.69) is 29.9 Å². The van der Waals surface area contributed by atoms with Crippen LogP contribution in [-0.2, 0) is 0 Å². The van der Waals surface area contributed by atoms with Crippen LogP contribution in [0, 0.1) is 11.8 Å². The Labute approximate surface area is 122 Å². The lowest BCUT2D eigenvalue weighted by Crippen LogP contribution is -2.31. The van der Waals surface area contributed by atoms with Gasteiger partial charge in [-0.25, -0.2) is 4.68 Å². The van der Waals surface area contributed by atoms with Gasteiger partial charge < -0.3 is 5.32 Å². The van der Waals surface area contributed by atoms with Crippen molar-refractivity contribution in [1.82, 2.24) is 9.78 Å². The molecule has 2 heterocycles. The molecule has 3 nitrogen and oxygen atoms in total. The normalized spacial score (nSPS) is 38.8. The van der Waals surface area contributed by atoms with Crippen molar-refractivity contribution >= 4 is 5.82 Å². The molecule has 4 rings (SSSR count). The SMILES string of the molecule is CCC1CC(CC)n2nc(C3CC4CCC3C4)cc2N1. The van der Waals surface area contributed by atoms with E-state index in [0.717, 1.165) is 17.8 Å². The van der Waals surface area contributed by atoms with Gasteiger partial charge in [-0.2, -0.15) is 5.10 Å². The fourth-order valence-corrected chi connectivity index (χ4v) is 4.89. The van der Waals surface area contributed by atoms with Crippen molar-refractivity contribution in [3.8, 4) is 0 Å². The maximum absolute atomic E-state index is 5.03. The average Bonchev–Trinajstić information content (AvgIpc) is 3.19. The predicted octanol–water partition coefficient (Wildman–Crippen LogP) is 4.33. The molecule has 0 spiro atoms. The number of hydrogen-bond acceptors (Lipinski definition) is 2. The molecule has 1 aromatic rings. The van der Waals surface area contributed by atoms with E-state index in [1.807, 2.05) is 0 Å². The third kappa shape index (κ3) is 1.89. The van der Waals surface area contributed by atoms with E-state index >= 15 is 0 Å². The van der Waals surface area contributed by atoms with Crippen molar-refractivity contribution in [3.63, 3.8) is 0 Å². The van der Waals surface area contributed by atoms with Gasteiger partial charge in [0.15, 0.2) is 0 Å². The molecular weight excluding hydrogens is 246 g/mol. The minimum absolute atomic E-state index is 0.601.